The number of benzene rings is 1. The number of hydrogen-bond acceptors (Lipinski definition) is 4. The summed E-state index contributed by atoms with van der Waals surface area (Å²) in [5.41, 5.74) is 5.03. The maximum Gasteiger partial charge on any atom is 0.246 e. The maximum atomic E-state index is 13.9. The second-order valence-electron chi connectivity index (χ2n) is 4.35. The highest BCUT2D eigenvalue weighted by Gasteiger charge is 2.31. The lowest BCUT2D eigenvalue weighted by Crippen LogP contribution is -2.37. The number of rotatable bonds is 2. The molecular weight excluding hydrogens is 309 g/mol. The van der Waals surface area contributed by atoms with E-state index in [1.54, 1.807) is 0 Å². The Hall–Kier alpha value is -1.38. The van der Waals surface area contributed by atoms with Gasteiger partial charge in [0.25, 0.3) is 0 Å². The molecule has 0 aromatic heterocycles. The number of carbonyl (C=O) groups is 1. The summed E-state index contributed by atoms with van der Waals surface area (Å²) in [6.07, 6.45) is 0.447. The zero-order valence-electron chi connectivity index (χ0n) is 10.4. The zero-order chi connectivity index (χ0) is 14.9. The van der Waals surface area contributed by atoms with Crippen LogP contribution in [0.1, 0.15) is 6.42 Å². The van der Waals surface area contributed by atoms with Crippen LogP contribution < -0.4 is 11.1 Å². The molecule has 1 aliphatic rings. The van der Waals surface area contributed by atoms with Gasteiger partial charge in [-0.1, -0.05) is 11.6 Å². The third-order valence-corrected chi connectivity index (χ3v) is 4.94. The van der Waals surface area contributed by atoms with Crippen LogP contribution in [-0.2, 0) is 14.8 Å². The molecule has 9 heteroatoms. The quantitative estimate of drug-likeness (QED) is 0.779. The van der Waals surface area contributed by atoms with Crippen molar-refractivity contribution in [2.24, 2.45) is 0 Å². The fourth-order valence-electron chi connectivity index (χ4n) is 1.89. The van der Waals surface area contributed by atoms with Gasteiger partial charge in [-0.2, -0.15) is 4.31 Å². The van der Waals surface area contributed by atoms with Crippen LogP contribution in [0.3, 0.4) is 0 Å². The lowest BCUT2D eigenvalue weighted by atomic mass is 10.3. The highest BCUT2D eigenvalue weighted by molar-refractivity contribution is 7.89. The summed E-state index contributed by atoms with van der Waals surface area (Å²) in [5, 5.41) is 2.56. The van der Waals surface area contributed by atoms with E-state index in [-0.39, 0.29) is 23.8 Å². The summed E-state index contributed by atoms with van der Waals surface area (Å²) < 4.78 is 39.7. The number of nitrogens with one attached hydrogen (secondary N) is 1. The highest BCUT2D eigenvalue weighted by Crippen LogP contribution is 2.27. The van der Waals surface area contributed by atoms with Crippen molar-refractivity contribution in [3.63, 3.8) is 0 Å². The van der Waals surface area contributed by atoms with E-state index in [0.717, 1.165) is 16.4 Å². The van der Waals surface area contributed by atoms with Crippen LogP contribution in [0.25, 0.3) is 0 Å². The first-order valence-electron chi connectivity index (χ1n) is 5.84. The first-order valence-corrected chi connectivity index (χ1v) is 7.65. The van der Waals surface area contributed by atoms with E-state index in [1.807, 2.05) is 0 Å². The minimum absolute atomic E-state index is 0.0155. The van der Waals surface area contributed by atoms with E-state index in [4.69, 9.17) is 17.3 Å². The third-order valence-electron chi connectivity index (χ3n) is 2.88. The van der Waals surface area contributed by atoms with Gasteiger partial charge in [-0.05, 0) is 18.6 Å². The molecule has 1 heterocycles. The molecule has 0 saturated carbocycles. The van der Waals surface area contributed by atoms with Crippen LogP contribution in [0.5, 0.6) is 0 Å². The topological polar surface area (TPSA) is 92.5 Å². The van der Waals surface area contributed by atoms with E-state index in [2.05, 4.69) is 5.32 Å². The number of amides is 1. The van der Waals surface area contributed by atoms with Gasteiger partial charge in [0.15, 0.2) is 5.82 Å². The van der Waals surface area contributed by atoms with E-state index in [0.29, 0.717) is 13.0 Å². The molecule has 1 saturated heterocycles. The molecule has 0 radical (unpaired) electrons. The third kappa shape index (κ3) is 2.87. The number of nitrogens with zero attached hydrogens (tertiary/aromatic N) is 1. The fourth-order valence-corrected chi connectivity index (χ4v) is 3.74. The summed E-state index contributed by atoms with van der Waals surface area (Å²) >= 11 is 5.72. The standard InChI is InChI=1S/C11H13ClFN3O3S/c12-7-4-8(14)11(13)9(5-7)20(18,19)16-3-1-2-15-10(17)6-16/h4-5H,1-3,6,14H2,(H,15,17). The number of carbonyl (C=O) groups excluding carboxylic acids is 1. The number of nitrogen functional groups attached to an aromatic ring is 1. The molecule has 0 atom stereocenters. The Labute approximate surface area is 120 Å². The number of sulfonamides is 1. The molecule has 6 nitrogen and oxygen atoms in total. The monoisotopic (exact) mass is 321 g/mol. The van der Waals surface area contributed by atoms with Gasteiger partial charge in [0.2, 0.25) is 15.9 Å². The number of anilines is 1. The predicted molar refractivity (Wildman–Crippen MR) is 72.2 cm³/mol. The van der Waals surface area contributed by atoms with Crippen LogP contribution in [0.2, 0.25) is 5.02 Å². The number of halogens is 2. The number of hydrogen-bond donors (Lipinski definition) is 2. The summed E-state index contributed by atoms with van der Waals surface area (Å²) in [4.78, 5) is 10.8. The van der Waals surface area contributed by atoms with Crippen LogP contribution in [0.15, 0.2) is 17.0 Å². The SMILES string of the molecule is Nc1cc(Cl)cc(S(=O)(=O)N2CCCNC(=O)C2)c1F. The molecule has 0 aliphatic carbocycles. The molecule has 1 aliphatic heterocycles. The van der Waals surface area contributed by atoms with Gasteiger partial charge < -0.3 is 11.1 Å². The maximum absolute atomic E-state index is 13.9. The van der Waals surface area contributed by atoms with Crippen LogP contribution >= 0.6 is 11.6 Å². The summed E-state index contributed by atoms with van der Waals surface area (Å²) in [6, 6.07) is 2.12. The van der Waals surface area contributed by atoms with Crippen molar-refractivity contribution in [2.45, 2.75) is 11.3 Å². The van der Waals surface area contributed by atoms with Gasteiger partial charge >= 0.3 is 0 Å². The normalized spacial score (nSPS) is 17.6. The van der Waals surface area contributed by atoms with Crippen molar-refractivity contribution in [1.82, 2.24) is 9.62 Å². The minimum atomic E-state index is -4.16. The van der Waals surface area contributed by atoms with E-state index in [1.165, 1.54) is 0 Å². The van der Waals surface area contributed by atoms with Crippen molar-refractivity contribution >= 4 is 33.2 Å². The molecule has 1 amide bonds. The van der Waals surface area contributed by atoms with Gasteiger partial charge in [-0.15, -0.1) is 0 Å². The fraction of sp³-hybridized carbons (Fsp3) is 0.364. The van der Waals surface area contributed by atoms with Crippen molar-refractivity contribution in [2.75, 3.05) is 25.4 Å². The Bertz CT molecular complexity index is 651. The summed E-state index contributed by atoms with van der Waals surface area (Å²) in [6.45, 7) is 0.145. The molecule has 20 heavy (non-hydrogen) atoms. The van der Waals surface area contributed by atoms with Crippen molar-refractivity contribution in [1.29, 1.82) is 0 Å². The lowest BCUT2D eigenvalue weighted by Gasteiger charge is -2.19. The van der Waals surface area contributed by atoms with E-state index < -0.39 is 26.6 Å². The van der Waals surface area contributed by atoms with E-state index >= 15 is 0 Å². The van der Waals surface area contributed by atoms with Gasteiger partial charge in [-0.3, -0.25) is 4.79 Å². The molecule has 110 valence electrons. The summed E-state index contributed by atoms with van der Waals surface area (Å²) in [5.74, 6) is -1.49. The first-order chi connectivity index (χ1) is 9.32. The van der Waals surface area contributed by atoms with Gasteiger partial charge in [0.1, 0.15) is 4.90 Å². The van der Waals surface area contributed by atoms with Crippen LogP contribution in [-0.4, -0.2) is 38.3 Å². The minimum Gasteiger partial charge on any atom is -0.396 e. The molecular formula is C11H13ClFN3O3S. The van der Waals surface area contributed by atoms with Crippen molar-refractivity contribution in [3.8, 4) is 0 Å². The molecule has 0 spiro atoms. The Morgan fingerprint density at radius 2 is 2.10 bits per heavy atom. The zero-order valence-corrected chi connectivity index (χ0v) is 12.0. The Kier molecular flexibility index (Phi) is 4.17. The average Bonchev–Trinajstić information content (AvgIpc) is 2.58. The van der Waals surface area contributed by atoms with Gasteiger partial charge in [0, 0.05) is 18.1 Å². The largest absolute Gasteiger partial charge is 0.396 e. The van der Waals surface area contributed by atoms with Gasteiger partial charge in [0.05, 0.1) is 12.2 Å². The Morgan fingerprint density at radius 3 is 2.80 bits per heavy atom. The molecule has 3 N–H and O–H groups in total. The highest BCUT2D eigenvalue weighted by atomic mass is 35.5. The Morgan fingerprint density at radius 1 is 1.40 bits per heavy atom. The first kappa shape index (κ1) is 15.0. The van der Waals surface area contributed by atoms with Gasteiger partial charge in [-0.25, -0.2) is 12.8 Å². The smallest absolute Gasteiger partial charge is 0.246 e. The molecule has 1 aromatic rings. The Balaban J connectivity index is 2.47. The van der Waals surface area contributed by atoms with Crippen LogP contribution in [0, 0.1) is 5.82 Å². The average molecular weight is 322 g/mol. The molecule has 1 fully saturated rings. The molecule has 0 bridgehead atoms. The molecule has 1 aromatic carbocycles. The van der Waals surface area contributed by atoms with E-state index in [9.17, 15) is 17.6 Å². The van der Waals surface area contributed by atoms with Crippen molar-refractivity contribution in [3.05, 3.63) is 23.0 Å². The molecule has 0 unspecified atom stereocenters. The second kappa shape index (κ2) is 5.55. The van der Waals surface area contributed by atoms with Crippen LogP contribution in [0.4, 0.5) is 10.1 Å². The van der Waals surface area contributed by atoms with Crippen molar-refractivity contribution < 1.29 is 17.6 Å². The second-order valence-corrected chi connectivity index (χ2v) is 6.69. The lowest BCUT2D eigenvalue weighted by molar-refractivity contribution is -0.120. The molecule has 2 rings (SSSR count). The number of nitrogens with two attached hydrogens (primary N) is 1. The predicted octanol–water partition coefficient (Wildman–Crippen LogP) is 0.572. The summed E-state index contributed by atoms with van der Waals surface area (Å²) in [7, 11) is -4.16.